The van der Waals surface area contributed by atoms with Gasteiger partial charge in [-0.15, -0.1) is 0 Å². The summed E-state index contributed by atoms with van der Waals surface area (Å²) in [4.78, 5) is 46.0. The zero-order valence-corrected chi connectivity index (χ0v) is 16.3. The van der Waals surface area contributed by atoms with Gasteiger partial charge in [0, 0.05) is 27.7 Å². The van der Waals surface area contributed by atoms with E-state index in [4.69, 9.17) is 23.7 Å². The minimum absolute atomic E-state index is 0.254. The molecule has 1 aliphatic heterocycles. The standard InChI is InChI=1S/C17H27NO9/c1-8(2)24-17-14(18-9(3)19)16(26-12(6)22)15(25-11(5)21)13(27-17)7-23-10(4)20/h8,13-17H,7H2,1-6H3,(H,18,19)/t13-,14-,15+,16-,17+/m1/s1. The molecule has 1 N–H and O–H groups in total. The predicted octanol–water partition coefficient (Wildman–Crippen LogP) is 0.0675. The molecule has 1 amide bonds. The van der Waals surface area contributed by atoms with Crippen LogP contribution in [0.15, 0.2) is 0 Å². The Kier molecular flexibility index (Phi) is 8.64. The van der Waals surface area contributed by atoms with E-state index >= 15 is 0 Å². The fraction of sp³-hybridized carbons (Fsp3) is 0.765. The summed E-state index contributed by atoms with van der Waals surface area (Å²) in [5.74, 6) is -2.28. The number of carbonyl (C=O) groups is 4. The van der Waals surface area contributed by atoms with Crippen molar-refractivity contribution < 1.29 is 42.9 Å². The van der Waals surface area contributed by atoms with Crippen LogP contribution in [0.2, 0.25) is 0 Å². The highest BCUT2D eigenvalue weighted by Gasteiger charge is 2.51. The maximum atomic E-state index is 11.7. The molecule has 27 heavy (non-hydrogen) atoms. The first-order valence-corrected chi connectivity index (χ1v) is 8.57. The second kappa shape index (κ2) is 10.2. The van der Waals surface area contributed by atoms with Crippen LogP contribution in [0, 0.1) is 0 Å². The van der Waals surface area contributed by atoms with E-state index < -0.39 is 54.5 Å². The highest BCUT2D eigenvalue weighted by Crippen LogP contribution is 2.28. The third-order valence-electron chi connectivity index (χ3n) is 3.48. The van der Waals surface area contributed by atoms with E-state index in [2.05, 4.69) is 5.32 Å². The smallest absolute Gasteiger partial charge is 0.303 e. The third-order valence-corrected chi connectivity index (χ3v) is 3.48. The average Bonchev–Trinajstić information content (AvgIpc) is 2.49. The molecular formula is C17H27NO9. The van der Waals surface area contributed by atoms with E-state index in [1.165, 1.54) is 27.7 Å². The molecule has 0 aromatic heterocycles. The summed E-state index contributed by atoms with van der Waals surface area (Å²) >= 11 is 0. The predicted molar refractivity (Wildman–Crippen MR) is 90.2 cm³/mol. The quantitative estimate of drug-likeness (QED) is 0.475. The fourth-order valence-electron chi connectivity index (χ4n) is 2.68. The summed E-state index contributed by atoms with van der Waals surface area (Å²) in [6, 6.07) is -0.938. The van der Waals surface area contributed by atoms with Gasteiger partial charge in [-0.1, -0.05) is 0 Å². The van der Waals surface area contributed by atoms with E-state index in [1.807, 2.05) is 0 Å². The molecule has 10 heteroatoms. The molecule has 5 atom stereocenters. The fourth-order valence-corrected chi connectivity index (χ4v) is 2.68. The summed E-state index contributed by atoms with van der Waals surface area (Å²) in [6.07, 6.45) is -4.49. The molecule has 0 bridgehead atoms. The highest BCUT2D eigenvalue weighted by atomic mass is 16.7. The number of carbonyl (C=O) groups excluding carboxylic acids is 4. The molecule has 1 aliphatic rings. The molecule has 1 heterocycles. The van der Waals surface area contributed by atoms with E-state index in [0.717, 1.165) is 0 Å². The van der Waals surface area contributed by atoms with Crippen molar-refractivity contribution in [3.63, 3.8) is 0 Å². The minimum atomic E-state index is -1.12. The van der Waals surface area contributed by atoms with E-state index in [1.54, 1.807) is 13.8 Å². The molecule has 154 valence electrons. The van der Waals surface area contributed by atoms with Gasteiger partial charge < -0.3 is 29.0 Å². The maximum Gasteiger partial charge on any atom is 0.303 e. The van der Waals surface area contributed by atoms with Gasteiger partial charge >= 0.3 is 17.9 Å². The van der Waals surface area contributed by atoms with Gasteiger partial charge in [-0.2, -0.15) is 0 Å². The Morgan fingerprint density at radius 3 is 1.93 bits per heavy atom. The van der Waals surface area contributed by atoms with Crippen molar-refractivity contribution in [1.82, 2.24) is 5.32 Å². The van der Waals surface area contributed by atoms with E-state index in [0.29, 0.717) is 0 Å². The van der Waals surface area contributed by atoms with Gasteiger partial charge in [-0.25, -0.2) is 0 Å². The molecule has 0 saturated carbocycles. The van der Waals surface area contributed by atoms with Gasteiger partial charge in [0.25, 0.3) is 0 Å². The maximum absolute atomic E-state index is 11.7. The number of hydrogen-bond acceptors (Lipinski definition) is 9. The van der Waals surface area contributed by atoms with Gasteiger partial charge in [0.05, 0.1) is 6.10 Å². The lowest BCUT2D eigenvalue weighted by molar-refractivity contribution is -0.285. The average molecular weight is 389 g/mol. The largest absolute Gasteiger partial charge is 0.463 e. The number of nitrogens with one attached hydrogen (secondary N) is 1. The summed E-state index contributed by atoms with van der Waals surface area (Å²) in [5.41, 5.74) is 0. The molecule has 1 saturated heterocycles. The lowest BCUT2D eigenvalue weighted by Gasteiger charge is -2.45. The monoisotopic (exact) mass is 389 g/mol. The van der Waals surface area contributed by atoms with Crippen LogP contribution in [0.4, 0.5) is 0 Å². The van der Waals surface area contributed by atoms with Gasteiger partial charge in [0.2, 0.25) is 5.91 Å². The van der Waals surface area contributed by atoms with Gasteiger partial charge in [0.1, 0.15) is 18.8 Å². The zero-order chi connectivity index (χ0) is 20.7. The molecule has 0 aromatic rings. The SMILES string of the molecule is CC(=O)N[C@H]1[C@@H](OC(C)C)O[C@H](COC(C)=O)[C@H](OC(C)=O)[C@@H]1OC(C)=O. The summed E-state index contributed by atoms with van der Waals surface area (Å²) in [6.45, 7) is 8.12. The zero-order valence-electron chi connectivity index (χ0n) is 16.3. The number of ether oxygens (including phenoxy) is 5. The van der Waals surface area contributed by atoms with Crippen molar-refractivity contribution >= 4 is 23.8 Å². The first-order chi connectivity index (χ1) is 12.5. The molecular weight excluding hydrogens is 362 g/mol. The van der Waals surface area contributed by atoms with Crippen molar-refractivity contribution in [3.05, 3.63) is 0 Å². The summed E-state index contributed by atoms with van der Waals surface area (Å²) in [5, 5.41) is 2.62. The first kappa shape index (κ1) is 22.8. The number of esters is 3. The highest BCUT2D eigenvalue weighted by molar-refractivity contribution is 5.73. The Labute approximate surface area is 157 Å². The lowest BCUT2D eigenvalue weighted by atomic mass is 9.96. The molecule has 0 radical (unpaired) electrons. The van der Waals surface area contributed by atoms with Crippen molar-refractivity contribution in [1.29, 1.82) is 0 Å². The first-order valence-electron chi connectivity index (χ1n) is 8.57. The normalized spacial score (nSPS) is 27.6. The van der Waals surface area contributed by atoms with Crippen LogP contribution in [0.25, 0.3) is 0 Å². The topological polar surface area (TPSA) is 126 Å². The second-order valence-corrected chi connectivity index (χ2v) is 6.40. The molecule has 0 unspecified atom stereocenters. The Bertz CT molecular complexity index is 563. The molecule has 1 fully saturated rings. The van der Waals surface area contributed by atoms with Gasteiger partial charge in [-0.05, 0) is 13.8 Å². The van der Waals surface area contributed by atoms with Crippen LogP contribution in [0.3, 0.4) is 0 Å². The van der Waals surface area contributed by atoms with E-state index in [9.17, 15) is 19.2 Å². The number of hydrogen-bond donors (Lipinski definition) is 1. The lowest BCUT2D eigenvalue weighted by Crippen LogP contribution is -2.66. The van der Waals surface area contributed by atoms with Crippen LogP contribution in [-0.4, -0.2) is 67.2 Å². The van der Waals surface area contributed by atoms with Crippen LogP contribution in [-0.2, 0) is 42.9 Å². The van der Waals surface area contributed by atoms with Crippen molar-refractivity contribution in [2.24, 2.45) is 0 Å². The Hall–Kier alpha value is -2.20. The molecule has 1 rings (SSSR count). The Morgan fingerprint density at radius 1 is 0.926 bits per heavy atom. The molecule has 0 spiro atoms. The molecule has 0 aromatic carbocycles. The van der Waals surface area contributed by atoms with Crippen molar-refractivity contribution in [2.75, 3.05) is 6.61 Å². The molecule has 10 nitrogen and oxygen atoms in total. The number of amides is 1. The van der Waals surface area contributed by atoms with E-state index in [-0.39, 0.29) is 12.7 Å². The molecule has 0 aliphatic carbocycles. The van der Waals surface area contributed by atoms with Gasteiger partial charge in [0.15, 0.2) is 18.5 Å². The minimum Gasteiger partial charge on any atom is -0.463 e. The van der Waals surface area contributed by atoms with Crippen LogP contribution >= 0.6 is 0 Å². The Balaban J connectivity index is 3.27. The summed E-state index contributed by atoms with van der Waals surface area (Å²) in [7, 11) is 0. The number of rotatable bonds is 7. The van der Waals surface area contributed by atoms with Crippen LogP contribution in [0.5, 0.6) is 0 Å². The summed E-state index contributed by atoms with van der Waals surface area (Å²) < 4.78 is 27.1. The van der Waals surface area contributed by atoms with Gasteiger partial charge in [-0.3, -0.25) is 19.2 Å². The second-order valence-electron chi connectivity index (χ2n) is 6.40. The van der Waals surface area contributed by atoms with Crippen molar-refractivity contribution in [2.45, 2.75) is 78.3 Å². The van der Waals surface area contributed by atoms with Crippen molar-refractivity contribution in [3.8, 4) is 0 Å². The van der Waals surface area contributed by atoms with Crippen LogP contribution in [0.1, 0.15) is 41.5 Å². The van der Waals surface area contributed by atoms with Crippen LogP contribution < -0.4 is 5.32 Å². The third kappa shape index (κ3) is 7.51. The Morgan fingerprint density at radius 2 is 1.48 bits per heavy atom.